The number of nitrogens with one attached hydrogen (secondary N) is 2. The molecule has 2 amide bonds. The molecule has 0 saturated heterocycles. The molecule has 0 unspecified atom stereocenters. The minimum absolute atomic E-state index is 0.0272. The van der Waals surface area contributed by atoms with Crippen LogP contribution in [-0.2, 0) is 16.1 Å². The maximum atomic E-state index is 13.4. The van der Waals surface area contributed by atoms with Gasteiger partial charge in [-0.2, -0.15) is 0 Å². The molecule has 194 valence electrons. The Morgan fingerprint density at radius 1 is 1.17 bits per heavy atom. The van der Waals surface area contributed by atoms with Crippen LogP contribution in [0.25, 0.3) is 0 Å². The summed E-state index contributed by atoms with van der Waals surface area (Å²) in [6.07, 6.45) is 1.98. The van der Waals surface area contributed by atoms with E-state index in [1.807, 2.05) is 13.8 Å². The second-order valence-electron chi connectivity index (χ2n) is 10.3. The number of amides is 2. The minimum Gasteiger partial charge on any atom is -0.446 e. The summed E-state index contributed by atoms with van der Waals surface area (Å²) in [6.45, 7) is 7.53. The molecule has 2 saturated carbocycles. The summed E-state index contributed by atoms with van der Waals surface area (Å²) in [5.74, 6) is -2.23. The first kappa shape index (κ1) is 27.1. The summed E-state index contributed by atoms with van der Waals surface area (Å²) < 4.78 is 32.6. The fourth-order valence-corrected chi connectivity index (χ4v) is 6.29. The van der Waals surface area contributed by atoms with Crippen LogP contribution < -0.4 is 10.6 Å². The number of halogens is 2. The Bertz CT molecular complexity index is 924. The van der Waals surface area contributed by atoms with Crippen LogP contribution >= 0.6 is 0 Å². The molecule has 2 fully saturated rings. The zero-order valence-electron chi connectivity index (χ0n) is 20.4. The van der Waals surface area contributed by atoms with E-state index in [1.54, 1.807) is 6.08 Å². The van der Waals surface area contributed by atoms with E-state index in [-0.39, 0.29) is 43.9 Å². The molecule has 35 heavy (non-hydrogen) atoms. The monoisotopic (exact) mass is 494 g/mol. The predicted octanol–water partition coefficient (Wildman–Crippen LogP) is 3.44. The van der Waals surface area contributed by atoms with E-state index < -0.39 is 40.8 Å². The largest absolute Gasteiger partial charge is 0.446 e. The topological polar surface area (TPSA) is 108 Å². The van der Waals surface area contributed by atoms with Crippen molar-refractivity contribution in [2.45, 2.75) is 64.7 Å². The van der Waals surface area contributed by atoms with Gasteiger partial charge in [0.05, 0.1) is 12.7 Å². The number of fused-ring (bicyclic) bond motifs is 1. The van der Waals surface area contributed by atoms with Crippen molar-refractivity contribution >= 4 is 12.0 Å². The van der Waals surface area contributed by atoms with Crippen LogP contribution in [0.4, 0.5) is 13.6 Å². The van der Waals surface area contributed by atoms with Gasteiger partial charge in [-0.3, -0.25) is 4.79 Å². The number of aliphatic hydroxyl groups excluding tert-OH is 2. The summed E-state index contributed by atoms with van der Waals surface area (Å²) >= 11 is 0. The van der Waals surface area contributed by atoms with Gasteiger partial charge < -0.3 is 25.6 Å². The highest BCUT2D eigenvalue weighted by Gasteiger charge is 2.60. The van der Waals surface area contributed by atoms with Crippen LogP contribution in [0, 0.1) is 34.3 Å². The molecule has 1 aromatic carbocycles. The summed E-state index contributed by atoms with van der Waals surface area (Å²) in [4.78, 5) is 25.0. The number of hydrogen-bond acceptors (Lipinski definition) is 5. The summed E-state index contributed by atoms with van der Waals surface area (Å²) in [5, 5.41) is 26.6. The second-order valence-corrected chi connectivity index (χ2v) is 10.3. The van der Waals surface area contributed by atoms with Crippen LogP contribution in [0.2, 0.25) is 0 Å². The number of carbonyl (C=O) groups is 2. The normalized spacial score (nSPS) is 32.3. The fourth-order valence-electron chi connectivity index (χ4n) is 6.29. The summed E-state index contributed by atoms with van der Waals surface area (Å²) in [5.41, 5.74) is -0.911. The van der Waals surface area contributed by atoms with Crippen molar-refractivity contribution in [3.05, 3.63) is 48.1 Å². The Hall–Kier alpha value is -2.52. The van der Waals surface area contributed by atoms with Gasteiger partial charge in [0, 0.05) is 31.0 Å². The minimum atomic E-state index is -0.744. The van der Waals surface area contributed by atoms with Gasteiger partial charge in [0.2, 0.25) is 5.91 Å². The van der Waals surface area contributed by atoms with Crippen LogP contribution in [0.1, 0.15) is 51.5 Å². The molecule has 2 aliphatic carbocycles. The molecule has 9 heteroatoms. The van der Waals surface area contributed by atoms with Crippen LogP contribution in [0.15, 0.2) is 30.9 Å². The average molecular weight is 495 g/mol. The molecule has 0 aliphatic heterocycles. The first-order valence-electron chi connectivity index (χ1n) is 12.1. The Morgan fingerprint density at radius 2 is 1.86 bits per heavy atom. The molecule has 3 rings (SSSR count). The van der Waals surface area contributed by atoms with Crippen molar-refractivity contribution in [2.75, 3.05) is 13.2 Å². The molecule has 6 atom stereocenters. The van der Waals surface area contributed by atoms with Crippen molar-refractivity contribution in [1.82, 2.24) is 10.6 Å². The molecule has 0 aromatic heterocycles. The van der Waals surface area contributed by atoms with Gasteiger partial charge >= 0.3 is 6.09 Å². The lowest BCUT2D eigenvalue weighted by molar-refractivity contribution is -0.185. The van der Waals surface area contributed by atoms with Gasteiger partial charge in [0.1, 0.15) is 17.7 Å². The standard InChI is InChI=1S/C26H36F2N2O5/c1-4-9-29-24(34)35-22-7-8-25(2)19(20(32)5-6-21(25)26(22,3)15-31)13-23(33)30-14-16-10-17(27)12-18(28)11-16/h4,10-12,19-22,31-32H,1,5-9,13-15H2,2-3H3,(H,29,34)(H,30,33)/t19-,20-,21+,22-,25+,26+/m1/s1. The smallest absolute Gasteiger partial charge is 0.407 e. The van der Waals surface area contributed by atoms with E-state index in [4.69, 9.17) is 4.74 Å². The number of aliphatic hydroxyl groups is 2. The molecule has 0 radical (unpaired) electrons. The van der Waals surface area contributed by atoms with Crippen molar-refractivity contribution in [3.8, 4) is 0 Å². The Kier molecular flexibility index (Phi) is 8.54. The third-order valence-electron chi connectivity index (χ3n) is 8.13. The molecule has 0 spiro atoms. The van der Waals surface area contributed by atoms with E-state index in [1.165, 1.54) is 0 Å². The quantitative estimate of drug-likeness (QED) is 0.414. The molecule has 7 nitrogen and oxygen atoms in total. The van der Waals surface area contributed by atoms with Gasteiger partial charge in [0.15, 0.2) is 0 Å². The lowest BCUT2D eigenvalue weighted by Crippen LogP contribution is -2.61. The number of ether oxygens (including phenoxy) is 1. The summed E-state index contributed by atoms with van der Waals surface area (Å²) in [6, 6.07) is 3.09. The zero-order valence-corrected chi connectivity index (χ0v) is 20.4. The van der Waals surface area contributed by atoms with Gasteiger partial charge in [0.25, 0.3) is 0 Å². The first-order chi connectivity index (χ1) is 16.5. The molecular formula is C26H36F2N2O5. The van der Waals surface area contributed by atoms with Gasteiger partial charge in [-0.05, 0) is 60.6 Å². The van der Waals surface area contributed by atoms with E-state index in [9.17, 15) is 28.6 Å². The molecule has 0 bridgehead atoms. The number of carbonyl (C=O) groups excluding carboxylic acids is 2. The number of benzene rings is 1. The lowest BCUT2D eigenvalue weighted by Gasteiger charge is -2.60. The highest BCUT2D eigenvalue weighted by Crippen LogP contribution is 2.61. The number of alkyl carbamates (subject to hydrolysis) is 1. The van der Waals surface area contributed by atoms with Gasteiger partial charge in [-0.15, -0.1) is 6.58 Å². The van der Waals surface area contributed by atoms with Gasteiger partial charge in [-0.25, -0.2) is 13.6 Å². The van der Waals surface area contributed by atoms with Crippen molar-refractivity contribution in [1.29, 1.82) is 0 Å². The molecule has 1 aromatic rings. The first-order valence-corrected chi connectivity index (χ1v) is 12.1. The van der Waals surface area contributed by atoms with Crippen LogP contribution in [0.5, 0.6) is 0 Å². The fraction of sp³-hybridized carbons (Fsp3) is 0.615. The Labute approximate surface area is 204 Å². The SMILES string of the molecule is C=CCNC(=O)O[C@@H]1CC[C@]2(C)[C@H](CC[C@@H](O)[C@H]2CC(=O)NCc2cc(F)cc(F)c2)[C@]1(C)CO. The lowest BCUT2D eigenvalue weighted by atomic mass is 9.46. The Morgan fingerprint density at radius 3 is 2.49 bits per heavy atom. The molecular weight excluding hydrogens is 458 g/mol. The van der Waals surface area contributed by atoms with Crippen LogP contribution in [0.3, 0.4) is 0 Å². The van der Waals surface area contributed by atoms with Gasteiger partial charge in [-0.1, -0.05) is 19.9 Å². The van der Waals surface area contributed by atoms with Crippen molar-refractivity contribution in [3.63, 3.8) is 0 Å². The third-order valence-corrected chi connectivity index (χ3v) is 8.13. The third kappa shape index (κ3) is 5.83. The van der Waals surface area contributed by atoms with Crippen molar-refractivity contribution < 1.29 is 33.3 Å². The number of hydrogen-bond donors (Lipinski definition) is 4. The average Bonchev–Trinajstić information content (AvgIpc) is 2.80. The van der Waals surface area contributed by atoms with E-state index in [0.717, 1.165) is 18.2 Å². The van der Waals surface area contributed by atoms with E-state index in [2.05, 4.69) is 17.2 Å². The zero-order chi connectivity index (χ0) is 25.8. The Balaban J connectivity index is 1.72. The molecule has 0 heterocycles. The highest BCUT2D eigenvalue weighted by atomic mass is 19.1. The predicted molar refractivity (Wildman–Crippen MR) is 126 cm³/mol. The second kappa shape index (κ2) is 11.0. The van der Waals surface area contributed by atoms with Crippen molar-refractivity contribution in [2.24, 2.45) is 22.7 Å². The number of rotatable bonds is 8. The summed E-state index contributed by atoms with van der Waals surface area (Å²) in [7, 11) is 0. The highest BCUT2D eigenvalue weighted by molar-refractivity contribution is 5.76. The molecule has 2 aliphatic rings. The van der Waals surface area contributed by atoms with E-state index >= 15 is 0 Å². The molecule has 4 N–H and O–H groups in total. The van der Waals surface area contributed by atoms with Crippen LogP contribution in [-0.4, -0.2) is 47.6 Å². The maximum Gasteiger partial charge on any atom is 0.407 e. The maximum absolute atomic E-state index is 13.4. The van der Waals surface area contributed by atoms with E-state index in [0.29, 0.717) is 31.2 Å².